The van der Waals surface area contributed by atoms with E-state index in [1.165, 1.54) is 4.90 Å². The van der Waals surface area contributed by atoms with E-state index < -0.39 is 6.10 Å². The van der Waals surface area contributed by atoms with Crippen molar-refractivity contribution in [3.8, 4) is 5.75 Å². The van der Waals surface area contributed by atoms with Crippen molar-refractivity contribution in [1.82, 2.24) is 0 Å². The normalized spacial score (nSPS) is 15.4. The zero-order chi connectivity index (χ0) is 13.1. The van der Waals surface area contributed by atoms with Gasteiger partial charge in [-0.1, -0.05) is 11.2 Å². The molecule has 1 aromatic rings. The smallest absolute Gasteiger partial charge is 0.264 e. The molecule has 2 rings (SSSR count). The molecule has 1 heterocycles. The standard InChI is InChI=1S/C11H12N4O3/c1-15-8-4-7(9(16)5-13-14-12)2-3-10(8)18-6-11(15)17/h2-4,9,16H,5-6H2,1H3. The van der Waals surface area contributed by atoms with Crippen LogP contribution in [0, 0.1) is 0 Å². The van der Waals surface area contributed by atoms with Crippen LogP contribution in [0.25, 0.3) is 10.4 Å². The predicted octanol–water partition coefficient (Wildman–Crippen LogP) is 1.39. The highest BCUT2D eigenvalue weighted by atomic mass is 16.5. The molecule has 7 nitrogen and oxygen atoms in total. The quantitative estimate of drug-likeness (QED) is 0.497. The van der Waals surface area contributed by atoms with Crippen molar-refractivity contribution in [2.75, 3.05) is 25.1 Å². The van der Waals surface area contributed by atoms with Crippen molar-refractivity contribution in [1.29, 1.82) is 0 Å². The number of carbonyl (C=O) groups is 1. The van der Waals surface area contributed by atoms with Crippen molar-refractivity contribution >= 4 is 11.6 Å². The summed E-state index contributed by atoms with van der Waals surface area (Å²) in [6.45, 7) is -0.0298. The number of amides is 1. The van der Waals surface area contributed by atoms with Gasteiger partial charge in [0.1, 0.15) is 5.75 Å². The van der Waals surface area contributed by atoms with E-state index in [0.717, 1.165) is 0 Å². The second kappa shape index (κ2) is 4.95. The molecular formula is C11H12N4O3. The number of nitrogens with zero attached hydrogens (tertiary/aromatic N) is 4. The van der Waals surface area contributed by atoms with Crippen LogP contribution in [0.3, 0.4) is 0 Å². The van der Waals surface area contributed by atoms with Gasteiger partial charge in [-0.15, -0.1) is 0 Å². The minimum Gasteiger partial charge on any atom is -0.482 e. The first-order valence-corrected chi connectivity index (χ1v) is 5.35. The van der Waals surface area contributed by atoms with Gasteiger partial charge in [0.2, 0.25) is 0 Å². The molecule has 0 aromatic heterocycles. The molecule has 1 atom stereocenters. The Bertz CT molecular complexity index is 525. The number of rotatable bonds is 3. The molecule has 0 aliphatic carbocycles. The van der Waals surface area contributed by atoms with Crippen LogP contribution in [0.1, 0.15) is 11.7 Å². The Labute approximate surface area is 103 Å². The number of azide groups is 1. The number of likely N-dealkylation sites (N-methyl/N-ethyl adjacent to an activating group) is 1. The van der Waals surface area contributed by atoms with E-state index in [-0.39, 0.29) is 19.1 Å². The molecule has 7 heteroatoms. The number of ether oxygens (including phenoxy) is 1. The summed E-state index contributed by atoms with van der Waals surface area (Å²) >= 11 is 0. The van der Waals surface area contributed by atoms with Crippen LogP contribution in [0.4, 0.5) is 5.69 Å². The summed E-state index contributed by atoms with van der Waals surface area (Å²) in [5, 5.41) is 13.1. The number of aliphatic hydroxyl groups is 1. The number of fused-ring (bicyclic) bond motifs is 1. The molecule has 1 N–H and O–H groups in total. The second-order valence-corrected chi connectivity index (χ2v) is 3.90. The van der Waals surface area contributed by atoms with Crippen molar-refractivity contribution in [3.05, 3.63) is 34.2 Å². The molecule has 94 valence electrons. The number of carbonyl (C=O) groups excluding carboxylic acids is 1. The summed E-state index contributed by atoms with van der Waals surface area (Å²) in [4.78, 5) is 15.5. The Balaban J connectivity index is 2.31. The van der Waals surface area contributed by atoms with Crippen LogP contribution in [0.2, 0.25) is 0 Å². The molecule has 1 aliphatic rings. The second-order valence-electron chi connectivity index (χ2n) is 3.90. The lowest BCUT2D eigenvalue weighted by molar-refractivity contribution is -0.120. The highest BCUT2D eigenvalue weighted by Crippen LogP contribution is 2.33. The molecule has 0 bridgehead atoms. The van der Waals surface area contributed by atoms with Crippen LogP contribution in [0.15, 0.2) is 23.3 Å². The van der Waals surface area contributed by atoms with Crippen LogP contribution in [-0.2, 0) is 4.79 Å². The maximum Gasteiger partial charge on any atom is 0.264 e. The third kappa shape index (κ3) is 2.22. The Morgan fingerprint density at radius 2 is 2.44 bits per heavy atom. The lowest BCUT2D eigenvalue weighted by atomic mass is 10.1. The number of hydrogen-bond acceptors (Lipinski definition) is 4. The van der Waals surface area contributed by atoms with E-state index in [9.17, 15) is 9.90 Å². The fraction of sp³-hybridized carbons (Fsp3) is 0.364. The first-order valence-electron chi connectivity index (χ1n) is 5.35. The van der Waals surface area contributed by atoms with Crippen molar-refractivity contribution in [3.63, 3.8) is 0 Å². The zero-order valence-electron chi connectivity index (χ0n) is 9.78. The number of aliphatic hydroxyl groups excluding tert-OH is 1. The largest absolute Gasteiger partial charge is 0.482 e. The molecule has 0 saturated heterocycles. The highest BCUT2D eigenvalue weighted by Gasteiger charge is 2.23. The molecule has 0 saturated carbocycles. The van der Waals surface area contributed by atoms with E-state index in [4.69, 9.17) is 10.3 Å². The average Bonchev–Trinajstić information content (AvgIpc) is 2.40. The van der Waals surface area contributed by atoms with Crippen molar-refractivity contribution in [2.45, 2.75) is 6.10 Å². The van der Waals surface area contributed by atoms with Gasteiger partial charge < -0.3 is 14.7 Å². The first kappa shape index (κ1) is 12.2. The molecule has 0 radical (unpaired) electrons. The maximum absolute atomic E-state index is 11.5. The Kier molecular flexibility index (Phi) is 3.36. The Hall–Kier alpha value is -2.24. The van der Waals surface area contributed by atoms with E-state index in [1.807, 2.05) is 0 Å². The van der Waals surface area contributed by atoms with Crippen molar-refractivity contribution in [2.24, 2.45) is 5.11 Å². The monoisotopic (exact) mass is 248 g/mol. The van der Waals surface area contributed by atoms with E-state index in [0.29, 0.717) is 17.0 Å². The third-order valence-corrected chi connectivity index (χ3v) is 2.77. The SMILES string of the molecule is CN1C(=O)COc2ccc(C(O)CN=[N+]=[N-])cc21. The van der Waals surface area contributed by atoms with E-state index in [2.05, 4.69) is 10.0 Å². The summed E-state index contributed by atoms with van der Waals surface area (Å²) in [5.74, 6) is 0.445. The van der Waals surface area contributed by atoms with E-state index in [1.54, 1.807) is 25.2 Å². The number of benzene rings is 1. The summed E-state index contributed by atoms with van der Waals surface area (Å²) in [6, 6.07) is 5.02. The highest BCUT2D eigenvalue weighted by molar-refractivity contribution is 5.97. The van der Waals surface area contributed by atoms with Gasteiger partial charge in [-0.25, -0.2) is 0 Å². The molecular weight excluding hydrogens is 236 g/mol. The predicted molar refractivity (Wildman–Crippen MR) is 64.3 cm³/mol. The molecule has 1 unspecified atom stereocenters. The zero-order valence-corrected chi connectivity index (χ0v) is 9.78. The summed E-state index contributed by atoms with van der Waals surface area (Å²) in [6.07, 6.45) is -0.892. The van der Waals surface area contributed by atoms with Gasteiger partial charge >= 0.3 is 0 Å². The lowest BCUT2D eigenvalue weighted by Crippen LogP contribution is -2.35. The van der Waals surface area contributed by atoms with E-state index >= 15 is 0 Å². The van der Waals surface area contributed by atoms with Gasteiger partial charge in [-0.3, -0.25) is 4.79 Å². The first-order chi connectivity index (χ1) is 8.63. The lowest BCUT2D eigenvalue weighted by Gasteiger charge is -2.26. The van der Waals surface area contributed by atoms with Gasteiger partial charge in [0.05, 0.1) is 18.3 Å². The molecule has 18 heavy (non-hydrogen) atoms. The summed E-state index contributed by atoms with van der Waals surface area (Å²) in [5.41, 5.74) is 9.38. The molecule has 1 aliphatic heterocycles. The summed E-state index contributed by atoms with van der Waals surface area (Å²) < 4.78 is 5.27. The minimum atomic E-state index is -0.892. The molecule has 1 amide bonds. The van der Waals surface area contributed by atoms with Crippen LogP contribution >= 0.6 is 0 Å². The Morgan fingerprint density at radius 1 is 1.67 bits per heavy atom. The topological polar surface area (TPSA) is 98.5 Å². The van der Waals surface area contributed by atoms with Gasteiger partial charge in [0.25, 0.3) is 5.91 Å². The number of hydrogen-bond donors (Lipinski definition) is 1. The average molecular weight is 248 g/mol. The fourth-order valence-corrected chi connectivity index (χ4v) is 1.72. The fourth-order valence-electron chi connectivity index (χ4n) is 1.72. The van der Waals surface area contributed by atoms with Crippen LogP contribution in [-0.4, -0.2) is 31.2 Å². The van der Waals surface area contributed by atoms with Gasteiger partial charge in [-0.2, -0.15) is 0 Å². The number of anilines is 1. The minimum absolute atomic E-state index is 0.0180. The van der Waals surface area contributed by atoms with Gasteiger partial charge in [0.15, 0.2) is 6.61 Å². The molecule has 0 fully saturated rings. The molecule has 0 spiro atoms. The van der Waals surface area contributed by atoms with Gasteiger partial charge in [0, 0.05) is 12.0 Å². The summed E-state index contributed by atoms with van der Waals surface area (Å²) in [7, 11) is 1.65. The van der Waals surface area contributed by atoms with Gasteiger partial charge in [-0.05, 0) is 23.2 Å². The van der Waals surface area contributed by atoms with Crippen LogP contribution in [0.5, 0.6) is 5.75 Å². The molecule has 1 aromatic carbocycles. The van der Waals surface area contributed by atoms with Crippen molar-refractivity contribution < 1.29 is 14.6 Å². The van der Waals surface area contributed by atoms with Crippen LogP contribution < -0.4 is 9.64 Å². The third-order valence-electron chi connectivity index (χ3n) is 2.77. The maximum atomic E-state index is 11.5. The Morgan fingerprint density at radius 3 is 3.17 bits per heavy atom.